The zero-order valence-corrected chi connectivity index (χ0v) is 17.4. The van der Waals surface area contributed by atoms with Gasteiger partial charge in [-0.15, -0.1) is 0 Å². The molecule has 0 aromatic carbocycles. The number of carbonyl (C=O) groups excluding carboxylic acids is 1. The lowest BCUT2D eigenvalue weighted by atomic mass is 9.74. The molecule has 1 amide bonds. The fourth-order valence-corrected chi connectivity index (χ4v) is 2.41. The number of aromatic nitrogens is 4. The van der Waals surface area contributed by atoms with E-state index in [2.05, 4.69) is 58.6 Å². The van der Waals surface area contributed by atoms with Gasteiger partial charge in [-0.3, -0.25) is 24.5 Å². The number of nitrogens with zero attached hydrogens (tertiary/aromatic N) is 3. The van der Waals surface area contributed by atoms with E-state index in [1.165, 1.54) is 0 Å². The molecule has 0 atom stereocenters. The number of anilines is 2. The van der Waals surface area contributed by atoms with Gasteiger partial charge in [0.25, 0.3) is 5.56 Å². The van der Waals surface area contributed by atoms with Crippen LogP contribution >= 0.6 is 0 Å². The third-order valence-corrected chi connectivity index (χ3v) is 5.50. The second-order valence-electron chi connectivity index (χ2n) is 8.34. The lowest BCUT2D eigenvalue weighted by Crippen LogP contribution is -2.52. The van der Waals surface area contributed by atoms with Crippen molar-refractivity contribution in [3.05, 3.63) is 10.4 Å². The van der Waals surface area contributed by atoms with Crippen LogP contribution in [0.25, 0.3) is 11.2 Å². The van der Waals surface area contributed by atoms with Crippen LogP contribution in [0, 0.1) is 11.3 Å². The summed E-state index contributed by atoms with van der Waals surface area (Å²) in [5, 5.41) is 9.27. The molecule has 0 aliphatic carbocycles. The fraction of sp³-hybridized carbons (Fsp3) is 0.667. The monoisotopic (exact) mass is 377 g/mol. The van der Waals surface area contributed by atoms with E-state index in [4.69, 9.17) is 0 Å². The van der Waals surface area contributed by atoms with Gasteiger partial charge in [0, 0.05) is 25.0 Å². The Bertz CT molecular complexity index is 893. The van der Waals surface area contributed by atoms with Crippen LogP contribution in [-0.4, -0.2) is 44.6 Å². The first-order valence-corrected chi connectivity index (χ1v) is 9.10. The van der Waals surface area contributed by atoms with Crippen LogP contribution in [0.5, 0.6) is 0 Å². The number of aryl methyl sites for hydroxylation is 1. The zero-order valence-electron chi connectivity index (χ0n) is 17.4. The summed E-state index contributed by atoms with van der Waals surface area (Å²) in [6.07, 6.45) is 0. The van der Waals surface area contributed by atoms with Crippen LogP contribution in [0.2, 0.25) is 0 Å². The molecule has 0 bridgehead atoms. The maximum Gasteiger partial charge on any atom is 0.280 e. The first kappa shape index (κ1) is 20.9. The first-order valence-electron chi connectivity index (χ1n) is 9.10. The molecule has 2 aromatic rings. The van der Waals surface area contributed by atoms with Crippen LogP contribution in [0.1, 0.15) is 41.5 Å². The van der Waals surface area contributed by atoms with E-state index < -0.39 is 5.56 Å². The van der Waals surface area contributed by atoms with Crippen LogP contribution in [-0.2, 0) is 11.8 Å². The number of rotatable bonds is 7. The Hall–Kier alpha value is -2.42. The topological polar surface area (TPSA) is 117 Å². The summed E-state index contributed by atoms with van der Waals surface area (Å²) in [7, 11) is 3.72. The van der Waals surface area contributed by atoms with Crippen molar-refractivity contribution in [1.82, 2.24) is 24.8 Å². The number of aromatic amines is 1. The summed E-state index contributed by atoms with van der Waals surface area (Å²) in [6, 6.07) is 0. The largest absolute Gasteiger partial charge is 0.355 e. The van der Waals surface area contributed by atoms with E-state index in [1.54, 1.807) is 25.5 Å². The Kier molecular flexibility index (Phi) is 5.65. The quantitative estimate of drug-likeness (QED) is 0.583. The normalized spacial score (nSPS) is 12.6. The van der Waals surface area contributed by atoms with Crippen molar-refractivity contribution >= 4 is 29.0 Å². The predicted octanol–water partition coefficient (Wildman–Crippen LogP) is 1.69. The molecule has 2 heterocycles. The molecule has 4 N–H and O–H groups in total. The average molecular weight is 377 g/mol. The molecule has 27 heavy (non-hydrogen) atoms. The van der Waals surface area contributed by atoms with E-state index in [9.17, 15) is 9.59 Å². The van der Waals surface area contributed by atoms with Crippen molar-refractivity contribution in [1.29, 1.82) is 0 Å². The van der Waals surface area contributed by atoms with E-state index in [1.807, 2.05) is 7.05 Å². The average Bonchev–Trinajstić information content (AvgIpc) is 2.90. The van der Waals surface area contributed by atoms with Crippen LogP contribution in [0.15, 0.2) is 4.79 Å². The first-order chi connectivity index (χ1) is 12.4. The van der Waals surface area contributed by atoms with Crippen LogP contribution in [0.4, 0.5) is 11.9 Å². The van der Waals surface area contributed by atoms with Crippen molar-refractivity contribution in [3.63, 3.8) is 0 Å². The van der Waals surface area contributed by atoms with Gasteiger partial charge in [0.15, 0.2) is 11.2 Å². The van der Waals surface area contributed by atoms with Crippen molar-refractivity contribution < 1.29 is 4.79 Å². The number of fused-ring (bicyclic) bond motifs is 1. The molecule has 150 valence electrons. The SMILES string of the molecule is CNC(C)(C)C(C)(C)CNc1nc2c(=O)[nH]c(NC(=O)C(C)C)nc2n1C. The van der Waals surface area contributed by atoms with Gasteiger partial charge in [0.2, 0.25) is 17.8 Å². The Morgan fingerprint density at radius 3 is 2.41 bits per heavy atom. The molecule has 0 fully saturated rings. The second kappa shape index (κ2) is 7.30. The highest BCUT2D eigenvalue weighted by molar-refractivity contribution is 5.91. The molecule has 0 saturated heterocycles. The predicted molar refractivity (Wildman–Crippen MR) is 108 cm³/mol. The van der Waals surface area contributed by atoms with Gasteiger partial charge in [0.05, 0.1) is 0 Å². The minimum atomic E-state index is -0.391. The molecule has 0 saturated carbocycles. The molecule has 0 aliphatic heterocycles. The number of hydrogen-bond acceptors (Lipinski definition) is 6. The number of H-pyrrole nitrogens is 1. The van der Waals surface area contributed by atoms with Crippen LogP contribution < -0.4 is 21.5 Å². The number of imidazole rings is 1. The Morgan fingerprint density at radius 1 is 1.22 bits per heavy atom. The third-order valence-electron chi connectivity index (χ3n) is 5.50. The molecule has 0 radical (unpaired) electrons. The van der Waals surface area contributed by atoms with Gasteiger partial charge < -0.3 is 10.6 Å². The summed E-state index contributed by atoms with van der Waals surface area (Å²) in [5.74, 6) is 0.245. The molecular formula is C18H31N7O2. The Balaban J connectivity index is 2.33. The summed E-state index contributed by atoms with van der Waals surface area (Å²) in [5.41, 5.74) is 0.0572. The minimum Gasteiger partial charge on any atom is -0.355 e. The summed E-state index contributed by atoms with van der Waals surface area (Å²) < 4.78 is 1.72. The maximum atomic E-state index is 12.4. The molecule has 9 heteroatoms. The van der Waals surface area contributed by atoms with Crippen molar-refractivity contribution in [3.8, 4) is 0 Å². The molecule has 2 rings (SSSR count). The molecule has 0 spiro atoms. The molecule has 2 aromatic heterocycles. The summed E-state index contributed by atoms with van der Waals surface area (Å²) in [4.78, 5) is 35.5. The van der Waals surface area contributed by atoms with Crippen molar-refractivity contribution in [2.75, 3.05) is 24.2 Å². The maximum absolute atomic E-state index is 12.4. The molecule has 0 unspecified atom stereocenters. The Morgan fingerprint density at radius 2 is 1.85 bits per heavy atom. The van der Waals surface area contributed by atoms with E-state index in [-0.39, 0.29) is 34.2 Å². The Labute approximate surface area is 159 Å². The minimum absolute atomic E-state index is 0.0872. The fourth-order valence-electron chi connectivity index (χ4n) is 2.41. The summed E-state index contributed by atoms with van der Waals surface area (Å²) >= 11 is 0. The van der Waals surface area contributed by atoms with Gasteiger partial charge in [-0.25, -0.2) is 4.98 Å². The molecule has 0 aliphatic rings. The smallest absolute Gasteiger partial charge is 0.280 e. The highest BCUT2D eigenvalue weighted by atomic mass is 16.2. The third kappa shape index (κ3) is 4.13. The standard InChI is InChI=1S/C18H31N7O2/c1-10(2)13(26)23-15-22-12-11(14(27)24-15)21-16(25(12)8)20-9-17(3,4)18(5,6)19-7/h10,19H,9H2,1-8H3,(H,20,21)(H2,22,23,24,26,27). The van der Waals surface area contributed by atoms with Gasteiger partial charge in [-0.2, -0.15) is 4.98 Å². The lowest BCUT2D eigenvalue weighted by Gasteiger charge is -2.41. The van der Waals surface area contributed by atoms with Crippen LogP contribution in [0.3, 0.4) is 0 Å². The van der Waals surface area contributed by atoms with Gasteiger partial charge in [-0.1, -0.05) is 27.7 Å². The van der Waals surface area contributed by atoms with E-state index >= 15 is 0 Å². The van der Waals surface area contributed by atoms with Gasteiger partial charge in [0.1, 0.15) is 0 Å². The van der Waals surface area contributed by atoms with Crippen molar-refractivity contribution in [2.24, 2.45) is 18.4 Å². The second-order valence-corrected chi connectivity index (χ2v) is 8.34. The van der Waals surface area contributed by atoms with Gasteiger partial charge in [-0.05, 0) is 26.3 Å². The number of carbonyl (C=O) groups is 1. The van der Waals surface area contributed by atoms with E-state index in [0.29, 0.717) is 18.1 Å². The highest BCUT2D eigenvalue weighted by Gasteiger charge is 2.35. The van der Waals surface area contributed by atoms with E-state index in [0.717, 1.165) is 0 Å². The van der Waals surface area contributed by atoms with Crippen molar-refractivity contribution in [2.45, 2.75) is 47.1 Å². The molecule has 9 nitrogen and oxygen atoms in total. The lowest BCUT2D eigenvalue weighted by molar-refractivity contribution is -0.118. The molecular weight excluding hydrogens is 346 g/mol. The van der Waals surface area contributed by atoms with Gasteiger partial charge >= 0.3 is 0 Å². The number of amides is 1. The highest BCUT2D eigenvalue weighted by Crippen LogP contribution is 2.30. The number of hydrogen-bond donors (Lipinski definition) is 4. The summed E-state index contributed by atoms with van der Waals surface area (Å²) in [6.45, 7) is 12.8. The number of nitrogens with one attached hydrogen (secondary N) is 4. The zero-order chi connectivity index (χ0) is 20.6.